The van der Waals surface area contributed by atoms with Crippen LogP contribution in [0.4, 0.5) is 24.5 Å². The second kappa shape index (κ2) is 14.1. The number of aliphatic carboxylic acids is 1. The summed E-state index contributed by atoms with van der Waals surface area (Å²) in [6.07, 6.45) is -1.77. The number of aromatic carboxylic acids is 1. The Hall–Kier alpha value is -3.64. The predicted molar refractivity (Wildman–Crippen MR) is 143 cm³/mol. The molecule has 9 nitrogen and oxygen atoms in total. The van der Waals surface area contributed by atoms with Gasteiger partial charge in [0.1, 0.15) is 0 Å². The monoisotopic (exact) mass is 565 g/mol. The van der Waals surface area contributed by atoms with Crippen LogP contribution in [0.3, 0.4) is 0 Å². The van der Waals surface area contributed by atoms with Crippen LogP contribution in [-0.2, 0) is 9.53 Å². The van der Waals surface area contributed by atoms with Gasteiger partial charge >= 0.3 is 18.1 Å². The highest BCUT2D eigenvalue weighted by Crippen LogP contribution is 2.30. The number of morpholine rings is 1. The Balaban J connectivity index is 0.000000559. The molecule has 40 heavy (non-hydrogen) atoms. The van der Waals surface area contributed by atoms with Gasteiger partial charge in [0.25, 0.3) is 5.91 Å². The SMILES string of the molecule is Cc1ccccc1C(=O)Nc1ccc(N2CCC(CCN3CCOCC3)CC2)c(C(=O)O)c1.O=C(O)C(F)(F)F. The van der Waals surface area contributed by atoms with Gasteiger partial charge in [0.05, 0.1) is 24.5 Å². The topological polar surface area (TPSA) is 119 Å². The lowest BCUT2D eigenvalue weighted by molar-refractivity contribution is -0.192. The van der Waals surface area contributed by atoms with Crippen LogP contribution in [0.2, 0.25) is 0 Å². The lowest BCUT2D eigenvalue weighted by Gasteiger charge is -2.35. The molecule has 2 aliphatic rings. The largest absolute Gasteiger partial charge is 0.490 e. The lowest BCUT2D eigenvalue weighted by atomic mass is 9.92. The molecule has 0 saturated carbocycles. The molecule has 4 rings (SSSR count). The zero-order valence-electron chi connectivity index (χ0n) is 22.2. The zero-order chi connectivity index (χ0) is 29.3. The Morgan fingerprint density at radius 2 is 1.60 bits per heavy atom. The molecule has 2 aliphatic heterocycles. The van der Waals surface area contributed by atoms with Crippen molar-refractivity contribution >= 4 is 29.2 Å². The van der Waals surface area contributed by atoms with E-state index in [2.05, 4.69) is 15.1 Å². The maximum atomic E-state index is 12.6. The fraction of sp³-hybridized carbons (Fsp3) is 0.464. The molecule has 2 saturated heterocycles. The fourth-order valence-electron chi connectivity index (χ4n) is 4.74. The smallest absolute Gasteiger partial charge is 0.478 e. The Bertz CT molecular complexity index is 1180. The van der Waals surface area contributed by atoms with E-state index in [1.54, 1.807) is 18.2 Å². The predicted octanol–water partition coefficient (Wildman–Crippen LogP) is 4.52. The van der Waals surface area contributed by atoms with Crippen molar-refractivity contribution in [1.29, 1.82) is 0 Å². The van der Waals surface area contributed by atoms with Crippen LogP contribution in [0, 0.1) is 12.8 Å². The molecule has 2 heterocycles. The molecule has 0 aliphatic carbocycles. The molecule has 2 aromatic rings. The average Bonchev–Trinajstić information content (AvgIpc) is 2.93. The third-order valence-corrected chi connectivity index (χ3v) is 7.03. The molecule has 0 radical (unpaired) electrons. The highest BCUT2D eigenvalue weighted by atomic mass is 19.4. The summed E-state index contributed by atoms with van der Waals surface area (Å²) in [5.74, 6) is -3.30. The van der Waals surface area contributed by atoms with Gasteiger partial charge in [0.15, 0.2) is 0 Å². The summed E-state index contributed by atoms with van der Waals surface area (Å²) >= 11 is 0. The fourth-order valence-corrected chi connectivity index (χ4v) is 4.74. The number of nitrogens with zero attached hydrogens (tertiary/aromatic N) is 2. The number of amides is 1. The minimum absolute atomic E-state index is 0.226. The maximum Gasteiger partial charge on any atom is 0.490 e. The van der Waals surface area contributed by atoms with Crippen molar-refractivity contribution in [3.8, 4) is 0 Å². The normalized spacial score (nSPS) is 16.6. The van der Waals surface area contributed by atoms with E-state index in [0.717, 1.165) is 70.0 Å². The number of alkyl halides is 3. The zero-order valence-corrected chi connectivity index (χ0v) is 22.2. The number of carbonyl (C=O) groups is 3. The molecule has 3 N–H and O–H groups in total. The van der Waals surface area contributed by atoms with E-state index in [1.165, 1.54) is 6.42 Å². The number of nitrogens with one attached hydrogen (secondary N) is 1. The molecule has 2 aromatic carbocycles. The van der Waals surface area contributed by atoms with Crippen LogP contribution in [-0.4, -0.2) is 85.1 Å². The number of piperidine rings is 1. The Morgan fingerprint density at radius 1 is 0.975 bits per heavy atom. The third kappa shape index (κ3) is 8.95. The first-order valence-electron chi connectivity index (χ1n) is 13.0. The van der Waals surface area contributed by atoms with E-state index < -0.39 is 18.1 Å². The van der Waals surface area contributed by atoms with E-state index in [-0.39, 0.29) is 11.5 Å². The second-order valence-corrected chi connectivity index (χ2v) is 9.78. The van der Waals surface area contributed by atoms with E-state index in [0.29, 0.717) is 17.2 Å². The van der Waals surface area contributed by atoms with E-state index in [4.69, 9.17) is 14.6 Å². The summed E-state index contributed by atoms with van der Waals surface area (Å²) in [4.78, 5) is 38.2. The average molecular weight is 566 g/mol. The molecule has 0 bridgehead atoms. The summed E-state index contributed by atoms with van der Waals surface area (Å²) in [5, 5.41) is 19.8. The summed E-state index contributed by atoms with van der Waals surface area (Å²) in [6.45, 7) is 8.40. The molecule has 0 atom stereocenters. The summed E-state index contributed by atoms with van der Waals surface area (Å²) in [5.41, 5.74) is 2.90. The van der Waals surface area contributed by atoms with Gasteiger partial charge in [-0.25, -0.2) is 9.59 Å². The molecule has 0 unspecified atom stereocenters. The summed E-state index contributed by atoms with van der Waals surface area (Å²) in [6, 6.07) is 12.5. The highest BCUT2D eigenvalue weighted by molar-refractivity contribution is 6.06. The number of benzene rings is 2. The number of ether oxygens (including phenoxy) is 1. The minimum atomic E-state index is -5.08. The number of hydrogen-bond acceptors (Lipinski definition) is 6. The number of aryl methyl sites for hydroxylation is 1. The van der Waals surface area contributed by atoms with Gasteiger partial charge in [-0.3, -0.25) is 9.69 Å². The van der Waals surface area contributed by atoms with Gasteiger partial charge in [-0.2, -0.15) is 13.2 Å². The standard InChI is InChI=1S/C26H33N3O4.C2HF3O2/c1-19-4-2-3-5-22(19)25(30)27-21-6-7-24(23(18-21)26(31)32)29-12-9-20(10-13-29)8-11-28-14-16-33-17-15-28;3-2(4,5)1(6)7/h2-7,18,20H,8-17H2,1H3,(H,27,30)(H,31,32);(H,6,7). The van der Waals surface area contributed by atoms with Crippen molar-refractivity contribution in [3.63, 3.8) is 0 Å². The molecule has 2 fully saturated rings. The number of hydrogen-bond donors (Lipinski definition) is 3. The van der Waals surface area contributed by atoms with Crippen molar-refractivity contribution in [2.45, 2.75) is 32.4 Å². The number of rotatable bonds is 7. The first kappa shape index (κ1) is 30.9. The summed E-state index contributed by atoms with van der Waals surface area (Å²) < 4.78 is 37.2. The van der Waals surface area contributed by atoms with E-state index in [1.807, 2.05) is 31.2 Å². The van der Waals surface area contributed by atoms with Gasteiger partial charge in [0, 0.05) is 37.4 Å². The molecule has 12 heteroatoms. The molecule has 0 aromatic heterocycles. The minimum Gasteiger partial charge on any atom is -0.478 e. The Kier molecular flexibility index (Phi) is 10.9. The number of carboxylic acids is 2. The number of halogens is 3. The van der Waals surface area contributed by atoms with Crippen molar-refractivity contribution in [3.05, 3.63) is 59.2 Å². The summed E-state index contributed by atoms with van der Waals surface area (Å²) in [7, 11) is 0. The maximum absolute atomic E-state index is 12.6. The van der Waals surface area contributed by atoms with Gasteiger partial charge < -0.3 is 25.2 Å². The molecular weight excluding hydrogens is 531 g/mol. The van der Waals surface area contributed by atoms with Crippen LogP contribution < -0.4 is 10.2 Å². The first-order valence-corrected chi connectivity index (χ1v) is 13.0. The quantitative estimate of drug-likeness (QED) is 0.449. The molecular formula is C28H34F3N3O6. The number of anilines is 2. The van der Waals surface area contributed by atoms with Crippen LogP contribution in [0.25, 0.3) is 0 Å². The van der Waals surface area contributed by atoms with Crippen LogP contribution in [0.5, 0.6) is 0 Å². The van der Waals surface area contributed by atoms with Crippen molar-refractivity contribution in [2.24, 2.45) is 5.92 Å². The number of carboxylic acid groups (broad SMARTS) is 2. The van der Waals surface area contributed by atoms with E-state index in [9.17, 15) is 27.9 Å². The van der Waals surface area contributed by atoms with Crippen LogP contribution in [0.1, 0.15) is 45.5 Å². The van der Waals surface area contributed by atoms with Crippen LogP contribution in [0.15, 0.2) is 42.5 Å². The highest BCUT2D eigenvalue weighted by Gasteiger charge is 2.38. The molecule has 1 amide bonds. The van der Waals surface area contributed by atoms with Gasteiger partial charge in [-0.1, -0.05) is 18.2 Å². The number of carbonyl (C=O) groups excluding carboxylic acids is 1. The van der Waals surface area contributed by atoms with Crippen molar-refractivity contribution in [2.75, 3.05) is 56.2 Å². The van der Waals surface area contributed by atoms with Crippen LogP contribution >= 0.6 is 0 Å². The van der Waals surface area contributed by atoms with Crippen molar-refractivity contribution < 1.29 is 42.5 Å². The van der Waals surface area contributed by atoms with Gasteiger partial charge in [-0.15, -0.1) is 0 Å². The van der Waals surface area contributed by atoms with E-state index >= 15 is 0 Å². The van der Waals surface area contributed by atoms with Crippen molar-refractivity contribution in [1.82, 2.24) is 4.90 Å². The second-order valence-electron chi connectivity index (χ2n) is 9.78. The first-order chi connectivity index (χ1) is 19.0. The Labute approximate surface area is 230 Å². The Morgan fingerprint density at radius 3 is 2.17 bits per heavy atom. The third-order valence-electron chi connectivity index (χ3n) is 7.03. The van der Waals surface area contributed by atoms with Gasteiger partial charge in [-0.05, 0) is 68.5 Å². The molecule has 0 spiro atoms. The van der Waals surface area contributed by atoms with Gasteiger partial charge in [0.2, 0.25) is 0 Å². The molecule has 218 valence electrons. The lowest BCUT2D eigenvalue weighted by Crippen LogP contribution is -2.39.